The highest BCUT2D eigenvalue weighted by atomic mass is 16.6. The number of benzene rings is 1. The summed E-state index contributed by atoms with van der Waals surface area (Å²) in [6.45, 7) is 7.79. The molecule has 0 aromatic heterocycles. The van der Waals surface area contributed by atoms with Crippen LogP contribution in [0, 0.1) is 43.4 Å². The second-order valence-corrected chi connectivity index (χ2v) is 7.61. The number of hydrogen-bond acceptors (Lipinski definition) is 7. The first kappa shape index (κ1) is 18.2. The first-order valence-electron chi connectivity index (χ1n) is 8.56. The van der Waals surface area contributed by atoms with E-state index in [1.807, 2.05) is 0 Å². The molecule has 2 bridgehead atoms. The Hall–Kier alpha value is -2.55. The quantitative estimate of drug-likeness (QED) is 0.645. The van der Waals surface area contributed by atoms with Crippen LogP contribution in [-0.2, 0) is 4.74 Å². The molecule has 2 aliphatic rings. The lowest BCUT2D eigenvalue weighted by molar-refractivity contribution is -0.393. The van der Waals surface area contributed by atoms with Crippen molar-refractivity contribution in [1.29, 1.82) is 0 Å². The summed E-state index contributed by atoms with van der Waals surface area (Å²) in [5.41, 5.74) is 3.21. The third kappa shape index (κ3) is 3.14. The molecule has 0 spiro atoms. The molecule has 0 amide bonds. The van der Waals surface area contributed by atoms with Crippen molar-refractivity contribution in [3.63, 3.8) is 0 Å². The van der Waals surface area contributed by atoms with Gasteiger partial charge in [-0.1, -0.05) is 20.8 Å². The van der Waals surface area contributed by atoms with Gasteiger partial charge in [0.2, 0.25) is 0 Å². The van der Waals surface area contributed by atoms with Crippen LogP contribution in [0.4, 0.5) is 17.1 Å². The topological polar surface area (TPSA) is 120 Å². The van der Waals surface area contributed by atoms with Crippen LogP contribution in [0.3, 0.4) is 0 Å². The molecule has 3 atom stereocenters. The number of hydrogen-bond donors (Lipinski definition) is 1. The van der Waals surface area contributed by atoms with E-state index in [1.165, 1.54) is 12.1 Å². The molecule has 1 saturated carbocycles. The molecule has 1 N–H and O–H groups in total. The van der Waals surface area contributed by atoms with E-state index in [-0.39, 0.29) is 34.3 Å². The van der Waals surface area contributed by atoms with Gasteiger partial charge in [0.05, 0.1) is 29.1 Å². The molecule has 26 heavy (non-hydrogen) atoms. The van der Waals surface area contributed by atoms with Crippen molar-refractivity contribution in [2.24, 2.45) is 28.3 Å². The van der Waals surface area contributed by atoms with Crippen molar-refractivity contribution < 1.29 is 14.6 Å². The Bertz CT molecular complexity index is 776. The number of nitrogens with one attached hydrogen (secondary N) is 1. The van der Waals surface area contributed by atoms with E-state index in [2.05, 4.69) is 31.3 Å². The molecule has 1 heterocycles. The third-order valence-corrected chi connectivity index (χ3v) is 5.88. The number of nitrogens with zero attached hydrogens (tertiary/aromatic N) is 3. The molecular formula is C17H22N4O5. The second-order valence-electron chi connectivity index (χ2n) is 7.61. The zero-order valence-corrected chi connectivity index (χ0v) is 15.0. The van der Waals surface area contributed by atoms with E-state index in [0.29, 0.717) is 19.1 Å². The van der Waals surface area contributed by atoms with Crippen LogP contribution < -0.4 is 5.43 Å². The van der Waals surface area contributed by atoms with E-state index >= 15 is 0 Å². The van der Waals surface area contributed by atoms with E-state index in [1.54, 1.807) is 0 Å². The highest BCUT2D eigenvalue weighted by Gasteiger charge is 2.48. The average molecular weight is 362 g/mol. The Morgan fingerprint density at radius 3 is 2.62 bits per heavy atom. The fourth-order valence-electron chi connectivity index (χ4n) is 3.82. The Labute approximate surface area is 150 Å². The van der Waals surface area contributed by atoms with E-state index in [4.69, 9.17) is 4.74 Å². The highest BCUT2D eigenvalue weighted by molar-refractivity contribution is 5.92. The first-order valence-corrected chi connectivity index (χ1v) is 8.56. The maximum atomic E-state index is 11.3. The standard InChI is InChI=1S/C17H22N4O5/c1-10-6-11-8-26-9-13(17(10,2)3)16(11)19-18-14-5-4-12(20(22)23)7-15(14)21(24)25/h4-5,7,10-11,13,18H,6,8-9H2,1-3H3. The van der Waals surface area contributed by atoms with Gasteiger partial charge in [0.25, 0.3) is 5.69 Å². The molecule has 3 rings (SSSR count). The lowest BCUT2D eigenvalue weighted by Gasteiger charge is -2.50. The predicted octanol–water partition coefficient (Wildman–Crippen LogP) is 3.60. The largest absolute Gasteiger partial charge is 0.380 e. The van der Waals surface area contributed by atoms with E-state index in [0.717, 1.165) is 18.2 Å². The molecule has 1 aromatic carbocycles. The summed E-state index contributed by atoms with van der Waals surface area (Å²) in [6.07, 6.45) is 0.951. The van der Waals surface area contributed by atoms with Gasteiger partial charge in [0.1, 0.15) is 5.69 Å². The second kappa shape index (κ2) is 6.64. The fraction of sp³-hybridized carbons (Fsp3) is 0.588. The van der Waals surface area contributed by atoms with Gasteiger partial charge < -0.3 is 4.74 Å². The van der Waals surface area contributed by atoms with Gasteiger partial charge in [0.15, 0.2) is 0 Å². The minimum Gasteiger partial charge on any atom is -0.380 e. The summed E-state index contributed by atoms with van der Waals surface area (Å²) in [6, 6.07) is 3.49. The minimum absolute atomic E-state index is 0.0127. The molecule has 140 valence electrons. The monoisotopic (exact) mass is 362 g/mol. The predicted molar refractivity (Wildman–Crippen MR) is 96.2 cm³/mol. The van der Waals surface area contributed by atoms with Crippen LogP contribution in [0.15, 0.2) is 23.3 Å². The summed E-state index contributed by atoms with van der Waals surface area (Å²) < 4.78 is 5.71. The van der Waals surface area contributed by atoms with Crippen LogP contribution >= 0.6 is 0 Å². The molecule has 3 unspecified atom stereocenters. The molecule has 9 nitrogen and oxygen atoms in total. The van der Waals surface area contributed by atoms with Crippen LogP contribution in [0.25, 0.3) is 0 Å². The zero-order valence-electron chi connectivity index (χ0n) is 15.0. The fourth-order valence-corrected chi connectivity index (χ4v) is 3.82. The number of rotatable bonds is 4. The molecule has 2 fully saturated rings. The summed E-state index contributed by atoms with van der Waals surface area (Å²) >= 11 is 0. The third-order valence-electron chi connectivity index (χ3n) is 5.88. The van der Waals surface area contributed by atoms with Gasteiger partial charge >= 0.3 is 5.69 Å². The number of nitro groups is 2. The number of anilines is 1. The lowest BCUT2D eigenvalue weighted by Crippen LogP contribution is -2.52. The van der Waals surface area contributed by atoms with Crippen LogP contribution in [-0.4, -0.2) is 28.8 Å². The number of hydrazone groups is 1. The van der Waals surface area contributed by atoms with Crippen molar-refractivity contribution in [3.05, 3.63) is 38.4 Å². The van der Waals surface area contributed by atoms with Gasteiger partial charge in [-0.2, -0.15) is 5.10 Å². The summed E-state index contributed by atoms with van der Waals surface area (Å²) in [5.74, 6) is 0.838. The van der Waals surface area contributed by atoms with Gasteiger partial charge in [0, 0.05) is 23.6 Å². The van der Waals surface area contributed by atoms with Crippen molar-refractivity contribution in [2.75, 3.05) is 18.6 Å². The van der Waals surface area contributed by atoms with Crippen molar-refractivity contribution in [2.45, 2.75) is 27.2 Å². The molecular weight excluding hydrogens is 340 g/mol. The first-order chi connectivity index (χ1) is 12.2. The molecule has 1 saturated heterocycles. The Morgan fingerprint density at radius 1 is 1.23 bits per heavy atom. The summed E-state index contributed by atoms with van der Waals surface area (Å²) in [5, 5.41) is 26.6. The normalized spacial score (nSPS) is 28.6. The minimum atomic E-state index is -0.657. The number of nitro benzene ring substituents is 2. The molecule has 1 aliphatic heterocycles. The van der Waals surface area contributed by atoms with E-state index < -0.39 is 9.85 Å². The summed E-state index contributed by atoms with van der Waals surface area (Å²) in [7, 11) is 0. The van der Waals surface area contributed by atoms with Gasteiger partial charge in [-0.25, -0.2) is 0 Å². The SMILES string of the molecule is CC1CC2COCC(C2=NNc2ccc([N+](=O)[O-])cc2[N+](=O)[O-])C1(C)C. The van der Waals surface area contributed by atoms with Gasteiger partial charge in [-0.15, -0.1) is 0 Å². The number of non-ortho nitro benzene ring substituents is 1. The number of ether oxygens (including phenoxy) is 1. The smallest absolute Gasteiger partial charge is 0.301 e. The highest BCUT2D eigenvalue weighted by Crippen LogP contribution is 2.47. The van der Waals surface area contributed by atoms with Crippen molar-refractivity contribution >= 4 is 22.8 Å². The Balaban J connectivity index is 1.92. The molecule has 1 aromatic rings. The van der Waals surface area contributed by atoms with Crippen molar-refractivity contribution in [1.82, 2.24) is 0 Å². The maximum Gasteiger partial charge on any atom is 0.301 e. The summed E-state index contributed by atoms with van der Waals surface area (Å²) in [4.78, 5) is 20.8. The molecule has 0 radical (unpaired) electrons. The van der Waals surface area contributed by atoms with Gasteiger partial charge in [-0.05, 0) is 23.8 Å². The average Bonchev–Trinajstić information content (AvgIpc) is 2.58. The number of fused-ring (bicyclic) bond motifs is 2. The van der Waals surface area contributed by atoms with Crippen LogP contribution in [0.1, 0.15) is 27.2 Å². The van der Waals surface area contributed by atoms with E-state index in [9.17, 15) is 20.2 Å². The van der Waals surface area contributed by atoms with Crippen molar-refractivity contribution in [3.8, 4) is 0 Å². The Kier molecular flexibility index (Phi) is 4.66. The lowest BCUT2D eigenvalue weighted by atomic mass is 9.58. The van der Waals surface area contributed by atoms with Gasteiger partial charge in [-0.3, -0.25) is 25.7 Å². The maximum absolute atomic E-state index is 11.3. The van der Waals surface area contributed by atoms with Crippen LogP contribution in [0.5, 0.6) is 0 Å². The molecule has 1 aliphatic carbocycles. The zero-order chi connectivity index (χ0) is 19.1. The Morgan fingerprint density at radius 2 is 1.96 bits per heavy atom. The molecule has 9 heteroatoms. The van der Waals surface area contributed by atoms with Crippen LogP contribution in [0.2, 0.25) is 0 Å².